The monoisotopic (exact) mass is 538 g/mol. The molecule has 39 heavy (non-hydrogen) atoms. The smallest absolute Gasteiger partial charge is 0.335 e. The van der Waals surface area contributed by atoms with Crippen LogP contribution in [0.3, 0.4) is 0 Å². The van der Waals surface area contributed by atoms with E-state index in [1.165, 1.54) is 28.9 Å². The van der Waals surface area contributed by atoms with Gasteiger partial charge >= 0.3 is 6.03 Å². The number of carbonyl (C=O) groups is 3. The van der Waals surface area contributed by atoms with E-state index < -0.39 is 17.8 Å². The number of aryl methyl sites for hydroxylation is 1. The van der Waals surface area contributed by atoms with Crippen molar-refractivity contribution in [1.29, 1.82) is 0 Å². The van der Waals surface area contributed by atoms with E-state index in [0.717, 1.165) is 16.2 Å². The Morgan fingerprint density at radius 1 is 0.897 bits per heavy atom. The molecule has 7 nitrogen and oxygen atoms in total. The number of benzene rings is 4. The van der Waals surface area contributed by atoms with Crippen molar-refractivity contribution in [2.24, 2.45) is 0 Å². The van der Waals surface area contributed by atoms with Crippen LogP contribution in [-0.4, -0.2) is 37.3 Å². The van der Waals surface area contributed by atoms with E-state index in [-0.39, 0.29) is 5.57 Å². The van der Waals surface area contributed by atoms with Crippen LogP contribution in [0, 0.1) is 6.92 Å². The Hall–Kier alpha value is -4.56. The van der Waals surface area contributed by atoms with Crippen molar-refractivity contribution in [1.82, 2.24) is 5.32 Å². The molecule has 1 aliphatic rings. The van der Waals surface area contributed by atoms with Gasteiger partial charge in [0.05, 0.1) is 19.4 Å². The summed E-state index contributed by atoms with van der Waals surface area (Å²) in [5.41, 5.74) is 1.76. The number of barbiturate groups is 1. The highest BCUT2D eigenvalue weighted by atomic mass is 32.2. The first-order valence-corrected chi connectivity index (χ1v) is 13.3. The normalized spacial score (nSPS) is 14.6. The van der Waals surface area contributed by atoms with Gasteiger partial charge in [0.15, 0.2) is 11.5 Å². The predicted octanol–water partition coefficient (Wildman–Crippen LogP) is 5.99. The Morgan fingerprint density at radius 2 is 1.67 bits per heavy atom. The van der Waals surface area contributed by atoms with Crippen molar-refractivity contribution in [3.05, 3.63) is 102 Å². The molecule has 196 valence electrons. The van der Waals surface area contributed by atoms with Gasteiger partial charge in [0.25, 0.3) is 11.8 Å². The molecule has 4 aromatic rings. The average molecular weight is 539 g/mol. The van der Waals surface area contributed by atoms with Gasteiger partial charge in [-0.2, -0.15) is 0 Å². The Morgan fingerprint density at radius 3 is 2.46 bits per heavy atom. The minimum absolute atomic E-state index is 0.155. The van der Waals surface area contributed by atoms with Crippen LogP contribution in [0.4, 0.5) is 10.5 Å². The largest absolute Gasteiger partial charge is 0.493 e. The van der Waals surface area contributed by atoms with Crippen LogP contribution in [0.5, 0.6) is 11.5 Å². The Kier molecular flexibility index (Phi) is 7.65. The molecule has 4 amide bonds. The van der Waals surface area contributed by atoms with Crippen LogP contribution in [0.2, 0.25) is 0 Å². The zero-order valence-corrected chi connectivity index (χ0v) is 22.3. The maximum absolute atomic E-state index is 13.1. The van der Waals surface area contributed by atoms with Crippen LogP contribution < -0.4 is 19.7 Å². The van der Waals surface area contributed by atoms with Crippen molar-refractivity contribution in [2.45, 2.75) is 11.8 Å². The highest BCUT2D eigenvalue weighted by Crippen LogP contribution is 2.31. The topological polar surface area (TPSA) is 84.9 Å². The number of imide groups is 2. The van der Waals surface area contributed by atoms with Gasteiger partial charge < -0.3 is 9.47 Å². The number of hydrogen-bond acceptors (Lipinski definition) is 6. The lowest BCUT2D eigenvalue weighted by Gasteiger charge is -2.26. The van der Waals surface area contributed by atoms with Gasteiger partial charge in [-0.05, 0) is 59.7 Å². The highest BCUT2D eigenvalue weighted by Gasteiger charge is 2.36. The van der Waals surface area contributed by atoms with Gasteiger partial charge in [-0.15, -0.1) is 11.8 Å². The van der Waals surface area contributed by atoms with Crippen LogP contribution in [0.15, 0.2) is 95.4 Å². The summed E-state index contributed by atoms with van der Waals surface area (Å²) in [7, 11) is 1.53. The zero-order chi connectivity index (χ0) is 27.4. The molecule has 0 unspecified atom stereocenters. The number of thioether (sulfide) groups is 1. The Bertz CT molecular complexity index is 1590. The first-order valence-electron chi connectivity index (χ1n) is 12.3. The fourth-order valence-corrected chi connectivity index (χ4v) is 5.17. The second kappa shape index (κ2) is 11.4. The number of rotatable bonds is 8. The summed E-state index contributed by atoms with van der Waals surface area (Å²) < 4.78 is 11.5. The predicted molar refractivity (Wildman–Crippen MR) is 153 cm³/mol. The van der Waals surface area contributed by atoms with E-state index in [0.29, 0.717) is 29.4 Å². The molecule has 0 spiro atoms. The maximum atomic E-state index is 13.1. The first kappa shape index (κ1) is 26.1. The number of fused-ring (bicyclic) bond motifs is 1. The van der Waals surface area contributed by atoms with Crippen molar-refractivity contribution in [2.75, 3.05) is 24.4 Å². The third-order valence-electron chi connectivity index (χ3n) is 6.24. The number of anilines is 1. The van der Waals surface area contributed by atoms with Crippen molar-refractivity contribution < 1.29 is 23.9 Å². The third kappa shape index (κ3) is 5.66. The lowest BCUT2D eigenvalue weighted by atomic mass is 10.1. The summed E-state index contributed by atoms with van der Waals surface area (Å²) in [6.07, 6.45) is 1.44. The molecule has 1 saturated heterocycles. The number of nitrogens with one attached hydrogen (secondary N) is 1. The quantitative estimate of drug-likeness (QED) is 0.128. The van der Waals surface area contributed by atoms with Gasteiger partial charge in [0, 0.05) is 10.6 Å². The zero-order valence-electron chi connectivity index (χ0n) is 21.5. The molecule has 0 saturated carbocycles. The van der Waals surface area contributed by atoms with E-state index in [4.69, 9.17) is 9.47 Å². The van der Waals surface area contributed by atoms with Crippen molar-refractivity contribution in [3.8, 4) is 11.5 Å². The summed E-state index contributed by atoms with van der Waals surface area (Å²) in [5.74, 6) is 0.305. The summed E-state index contributed by atoms with van der Waals surface area (Å²) in [4.78, 5) is 40.3. The number of urea groups is 1. The molecule has 8 heteroatoms. The van der Waals surface area contributed by atoms with Gasteiger partial charge in [0.2, 0.25) is 0 Å². The fourth-order valence-electron chi connectivity index (χ4n) is 4.27. The second-order valence-electron chi connectivity index (χ2n) is 8.88. The van der Waals surface area contributed by atoms with Crippen LogP contribution in [-0.2, 0) is 9.59 Å². The van der Waals surface area contributed by atoms with Crippen LogP contribution >= 0.6 is 11.8 Å². The summed E-state index contributed by atoms with van der Waals surface area (Å²) >= 11 is 1.72. The number of amides is 4. The highest BCUT2D eigenvalue weighted by molar-refractivity contribution is 7.99. The molecule has 4 aromatic carbocycles. The molecule has 1 aliphatic heterocycles. The molecule has 5 rings (SSSR count). The molecule has 0 atom stereocenters. The molecule has 0 aromatic heterocycles. The van der Waals surface area contributed by atoms with Crippen LogP contribution in [0.1, 0.15) is 11.1 Å². The SMILES string of the molecule is COc1cc(C=C2C(=O)NC(=O)N(c3ccc(C)cc3)C2=O)ccc1OCCSc1cccc2ccccc12. The number of nitrogens with zero attached hydrogens (tertiary/aromatic N) is 1. The molecule has 1 heterocycles. The lowest BCUT2D eigenvalue weighted by molar-refractivity contribution is -0.122. The molecular weight excluding hydrogens is 512 g/mol. The number of methoxy groups -OCH3 is 1. The van der Waals surface area contributed by atoms with Gasteiger partial charge in [-0.3, -0.25) is 14.9 Å². The van der Waals surface area contributed by atoms with E-state index in [1.54, 1.807) is 54.2 Å². The van der Waals surface area contributed by atoms with Gasteiger partial charge in [-0.25, -0.2) is 9.69 Å². The third-order valence-corrected chi connectivity index (χ3v) is 7.28. The molecule has 1 fully saturated rings. The first-order chi connectivity index (χ1) is 18.9. The standard InChI is InChI=1S/C31H26N2O5S/c1-20-10-13-23(14-11-20)33-30(35)25(29(34)32-31(33)36)18-21-12-15-26(27(19-21)37-2)38-16-17-39-28-9-5-7-22-6-3-4-8-24(22)28/h3-15,18-19H,16-17H2,1-2H3,(H,32,34,36). The van der Waals surface area contributed by atoms with Crippen molar-refractivity contribution in [3.63, 3.8) is 0 Å². The van der Waals surface area contributed by atoms with Gasteiger partial charge in [-0.1, -0.05) is 60.2 Å². The second-order valence-corrected chi connectivity index (χ2v) is 10.0. The minimum Gasteiger partial charge on any atom is -0.493 e. The maximum Gasteiger partial charge on any atom is 0.335 e. The van der Waals surface area contributed by atoms with E-state index in [9.17, 15) is 14.4 Å². The Labute approximate surface area is 230 Å². The molecular formula is C31H26N2O5S. The number of hydrogen-bond donors (Lipinski definition) is 1. The number of ether oxygens (including phenoxy) is 2. The molecule has 0 aliphatic carbocycles. The summed E-state index contributed by atoms with van der Waals surface area (Å²) in [6, 6.07) is 25.8. The van der Waals surface area contributed by atoms with E-state index in [1.807, 2.05) is 19.1 Å². The Balaban J connectivity index is 1.29. The van der Waals surface area contributed by atoms with Crippen molar-refractivity contribution >= 4 is 52.1 Å². The molecule has 0 radical (unpaired) electrons. The minimum atomic E-state index is -0.784. The molecule has 0 bridgehead atoms. The van der Waals surface area contributed by atoms with Gasteiger partial charge in [0.1, 0.15) is 5.57 Å². The van der Waals surface area contributed by atoms with Crippen LogP contribution in [0.25, 0.3) is 16.8 Å². The average Bonchev–Trinajstić information content (AvgIpc) is 2.94. The van der Waals surface area contributed by atoms with E-state index in [2.05, 4.69) is 35.6 Å². The number of carbonyl (C=O) groups excluding carboxylic acids is 3. The van der Waals surface area contributed by atoms with E-state index >= 15 is 0 Å². The summed E-state index contributed by atoms with van der Waals surface area (Å²) in [6.45, 7) is 2.36. The lowest BCUT2D eigenvalue weighted by Crippen LogP contribution is -2.54. The molecule has 1 N–H and O–H groups in total. The fraction of sp³-hybridized carbons (Fsp3) is 0.129. The summed E-state index contributed by atoms with van der Waals surface area (Å²) in [5, 5.41) is 4.65.